The lowest BCUT2D eigenvalue weighted by Gasteiger charge is -2.08. The van der Waals surface area contributed by atoms with E-state index in [-0.39, 0.29) is 0 Å². The van der Waals surface area contributed by atoms with Gasteiger partial charge in [-0.15, -0.1) is 0 Å². The van der Waals surface area contributed by atoms with Gasteiger partial charge in [0.25, 0.3) is 0 Å². The number of benzene rings is 4. The number of fused-ring (bicyclic) bond motifs is 6. The summed E-state index contributed by atoms with van der Waals surface area (Å²) in [6, 6.07) is 37.6. The number of pyridine rings is 2. The molecule has 0 saturated heterocycles. The standard InChI is InChI=1S/C23H24N4.C22H22N4/c1-2-8-16(9-3-1)14-15-24-23-21-20(18-12-6-7-13-19(18)25-23)26-22(27-21)17-10-4-5-11-17;1-2-8-15(9-3-1)14-23-22-20-19(17-12-6-7-13-18(17)24-22)25-21(26-20)16-10-4-5-11-16/h1-3,6-9,12-13,17H,4-5,10-11,14-15H2,(H,24,25)(H,26,27);1-3,6-9,12-13,16H,4-5,10-11,14H2,(H,23,24)(H,25,26). The average Bonchev–Trinajstić information content (AvgIpc) is 4.05. The molecule has 2 saturated carbocycles. The third kappa shape index (κ3) is 7.06. The van der Waals surface area contributed by atoms with Gasteiger partial charge < -0.3 is 20.6 Å². The quantitative estimate of drug-likeness (QED) is 0.120. The van der Waals surface area contributed by atoms with Gasteiger partial charge in [0, 0.05) is 35.7 Å². The first kappa shape index (κ1) is 33.1. The van der Waals surface area contributed by atoms with Gasteiger partial charge in [-0.2, -0.15) is 0 Å². The molecule has 4 aromatic heterocycles. The highest BCUT2D eigenvalue weighted by Gasteiger charge is 2.24. The molecule has 10 rings (SSSR count). The summed E-state index contributed by atoms with van der Waals surface area (Å²) in [6.07, 6.45) is 11.1. The van der Waals surface area contributed by atoms with Crippen LogP contribution >= 0.6 is 0 Å². The van der Waals surface area contributed by atoms with Gasteiger partial charge in [-0.05, 0) is 55.4 Å². The van der Waals surface area contributed by atoms with Gasteiger partial charge in [-0.25, -0.2) is 19.9 Å². The lowest BCUT2D eigenvalue weighted by atomic mass is 10.1. The van der Waals surface area contributed by atoms with Crippen molar-refractivity contribution in [1.82, 2.24) is 29.9 Å². The maximum Gasteiger partial charge on any atom is 0.153 e. The molecular weight excluding hydrogens is 653 g/mol. The number of anilines is 2. The third-order valence-electron chi connectivity index (χ3n) is 11.0. The zero-order valence-corrected chi connectivity index (χ0v) is 30.1. The largest absolute Gasteiger partial charge is 0.368 e. The molecule has 4 N–H and O–H groups in total. The molecule has 4 aromatic carbocycles. The fourth-order valence-corrected chi connectivity index (χ4v) is 8.20. The Hall–Kier alpha value is -5.76. The Balaban J connectivity index is 0.000000141. The van der Waals surface area contributed by atoms with Gasteiger partial charge >= 0.3 is 0 Å². The van der Waals surface area contributed by atoms with E-state index in [4.69, 9.17) is 19.9 Å². The average molecular weight is 699 g/mol. The van der Waals surface area contributed by atoms with Crippen molar-refractivity contribution in [3.05, 3.63) is 132 Å². The summed E-state index contributed by atoms with van der Waals surface area (Å²) in [5.74, 6) is 5.18. The van der Waals surface area contributed by atoms with E-state index < -0.39 is 0 Å². The van der Waals surface area contributed by atoms with Crippen LogP contribution in [0.15, 0.2) is 109 Å². The SMILES string of the molecule is c1ccc(CCNc2nc3ccccc3c3nc(C4CCCC4)[nH]c23)cc1.c1ccc(CNc2nc3ccccc3c3nc(C4CCCC4)[nH]c23)cc1. The van der Waals surface area contributed by atoms with Crippen molar-refractivity contribution in [3.63, 3.8) is 0 Å². The van der Waals surface area contributed by atoms with E-state index in [9.17, 15) is 0 Å². The van der Waals surface area contributed by atoms with Crippen LogP contribution < -0.4 is 10.6 Å². The van der Waals surface area contributed by atoms with Gasteiger partial charge in [0.2, 0.25) is 0 Å². The lowest BCUT2D eigenvalue weighted by Crippen LogP contribution is -2.07. The molecule has 8 nitrogen and oxygen atoms in total. The van der Waals surface area contributed by atoms with E-state index in [1.165, 1.54) is 62.5 Å². The first-order valence-corrected chi connectivity index (χ1v) is 19.4. The van der Waals surface area contributed by atoms with Crippen molar-refractivity contribution >= 4 is 55.5 Å². The second-order valence-electron chi connectivity index (χ2n) is 14.6. The van der Waals surface area contributed by atoms with E-state index in [0.717, 1.165) is 86.7 Å². The topological polar surface area (TPSA) is 107 Å². The fourth-order valence-electron chi connectivity index (χ4n) is 8.20. The fraction of sp³-hybridized carbons (Fsp3) is 0.289. The molecule has 2 fully saturated rings. The number of aromatic amines is 2. The Labute approximate surface area is 309 Å². The van der Waals surface area contributed by atoms with Crippen LogP contribution in [0.1, 0.15) is 86.0 Å². The van der Waals surface area contributed by atoms with E-state index in [1.54, 1.807) is 0 Å². The van der Waals surface area contributed by atoms with Gasteiger partial charge in [-0.1, -0.05) is 123 Å². The molecule has 0 amide bonds. The van der Waals surface area contributed by atoms with E-state index in [1.807, 2.05) is 18.2 Å². The number of rotatable bonds is 9. The summed E-state index contributed by atoms with van der Waals surface area (Å²) in [5.41, 5.74) is 8.71. The molecule has 266 valence electrons. The van der Waals surface area contributed by atoms with Gasteiger partial charge in [0.15, 0.2) is 11.6 Å². The van der Waals surface area contributed by atoms with Crippen LogP contribution in [0, 0.1) is 0 Å². The Kier molecular flexibility index (Phi) is 9.41. The molecule has 8 aromatic rings. The molecular formula is C45H46N8. The van der Waals surface area contributed by atoms with Crippen LogP contribution in [0.3, 0.4) is 0 Å². The predicted molar refractivity (Wildman–Crippen MR) is 218 cm³/mol. The Bertz CT molecular complexity index is 2460. The Morgan fingerprint density at radius 3 is 1.47 bits per heavy atom. The van der Waals surface area contributed by atoms with Crippen molar-refractivity contribution in [1.29, 1.82) is 0 Å². The van der Waals surface area contributed by atoms with Crippen molar-refractivity contribution in [2.75, 3.05) is 17.2 Å². The number of H-pyrrole nitrogens is 2. The molecule has 8 heteroatoms. The summed E-state index contributed by atoms with van der Waals surface area (Å²) in [5, 5.41) is 9.31. The van der Waals surface area contributed by atoms with Crippen molar-refractivity contribution in [2.45, 2.75) is 76.2 Å². The normalized spacial score (nSPS) is 15.0. The third-order valence-corrected chi connectivity index (χ3v) is 11.0. The molecule has 4 heterocycles. The highest BCUT2D eigenvalue weighted by atomic mass is 15.1. The molecule has 2 aliphatic rings. The summed E-state index contributed by atoms with van der Waals surface area (Å²) in [6.45, 7) is 1.60. The molecule has 0 aliphatic heterocycles. The van der Waals surface area contributed by atoms with Crippen LogP contribution in [-0.2, 0) is 13.0 Å². The number of hydrogen-bond acceptors (Lipinski definition) is 6. The summed E-state index contributed by atoms with van der Waals surface area (Å²) in [4.78, 5) is 27.0. The van der Waals surface area contributed by atoms with Crippen molar-refractivity contribution in [2.24, 2.45) is 0 Å². The molecule has 2 aliphatic carbocycles. The zero-order valence-electron chi connectivity index (χ0n) is 30.1. The smallest absolute Gasteiger partial charge is 0.153 e. The van der Waals surface area contributed by atoms with Crippen molar-refractivity contribution < 1.29 is 0 Å². The number of nitrogens with zero attached hydrogens (tertiary/aromatic N) is 4. The van der Waals surface area contributed by atoms with E-state index >= 15 is 0 Å². The monoisotopic (exact) mass is 698 g/mol. The minimum Gasteiger partial charge on any atom is -0.368 e. The number of aromatic nitrogens is 6. The van der Waals surface area contributed by atoms with E-state index in [2.05, 4.69) is 112 Å². The molecule has 53 heavy (non-hydrogen) atoms. The van der Waals surface area contributed by atoms with Gasteiger partial charge in [0.1, 0.15) is 33.7 Å². The van der Waals surface area contributed by atoms with Crippen LogP contribution in [0.25, 0.3) is 43.9 Å². The number of hydrogen-bond donors (Lipinski definition) is 4. The van der Waals surface area contributed by atoms with Crippen LogP contribution in [-0.4, -0.2) is 36.4 Å². The second kappa shape index (κ2) is 15.1. The Morgan fingerprint density at radius 1 is 0.491 bits per heavy atom. The van der Waals surface area contributed by atoms with Crippen LogP contribution in [0.4, 0.5) is 11.6 Å². The van der Waals surface area contributed by atoms with E-state index in [0.29, 0.717) is 11.8 Å². The first-order valence-electron chi connectivity index (χ1n) is 19.4. The number of nitrogens with one attached hydrogen (secondary N) is 4. The Morgan fingerprint density at radius 2 is 0.943 bits per heavy atom. The van der Waals surface area contributed by atoms with Crippen molar-refractivity contribution in [3.8, 4) is 0 Å². The number of para-hydroxylation sites is 2. The summed E-state index contributed by atoms with van der Waals surface area (Å²) >= 11 is 0. The molecule has 0 spiro atoms. The minimum atomic E-state index is 0.558. The molecule has 0 bridgehead atoms. The first-order chi connectivity index (χ1) is 26.3. The van der Waals surface area contributed by atoms with Crippen LogP contribution in [0.5, 0.6) is 0 Å². The highest BCUT2D eigenvalue weighted by Crippen LogP contribution is 2.37. The maximum atomic E-state index is 5.01. The van der Waals surface area contributed by atoms with Crippen LogP contribution in [0.2, 0.25) is 0 Å². The minimum absolute atomic E-state index is 0.558. The number of imidazole rings is 2. The van der Waals surface area contributed by atoms with Gasteiger partial charge in [0.05, 0.1) is 11.0 Å². The maximum absolute atomic E-state index is 5.01. The second-order valence-corrected chi connectivity index (χ2v) is 14.6. The molecule has 0 unspecified atom stereocenters. The molecule has 0 radical (unpaired) electrons. The predicted octanol–water partition coefficient (Wildman–Crippen LogP) is 10.8. The summed E-state index contributed by atoms with van der Waals surface area (Å²) < 4.78 is 0. The lowest BCUT2D eigenvalue weighted by molar-refractivity contribution is 0.681. The highest BCUT2D eigenvalue weighted by molar-refractivity contribution is 6.07. The summed E-state index contributed by atoms with van der Waals surface area (Å²) in [7, 11) is 0. The zero-order chi connectivity index (χ0) is 35.4. The van der Waals surface area contributed by atoms with Gasteiger partial charge in [-0.3, -0.25) is 0 Å². The molecule has 0 atom stereocenters.